The number of nitro benzene ring substituents is 1. The minimum atomic E-state index is -0.364. The number of likely N-dealkylation sites (tertiary alicyclic amines) is 1. The van der Waals surface area contributed by atoms with Crippen LogP contribution in [0.5, 0.6) is 0 Å². The zero-order chi connectivity index (χ0) is 17.2. The molecule has 7 nitrogen and oxygen atoms in total. The summed E-state index contributed by atoms with van der Waals surface area (Å²) in [6.45, 7) is 2.77. The quantitative estimate of drug-likeness (QED) is 0.643. The van der Waals surface area contributed by atoms with Gasteiger partial charge in [0.05, 0.1) is 4.92 Å². The van der Waals surface area contributed by atoms with Crippen LogP contribution < -0.4 is 5.32 Å². The van der Waals surface area contributed by atoms with Gasteiger partial charge in [-0.25, -0.2) is 9.97 Å². The topological polar surface area (TPSA) is 84.2 Å². The van der Waals surface area contributed by atoms with Crippen LogP contribution in [0.15, 0.2) is 36.5 Å². The first-order valence-corrected chi connectivity index (χ1v) is 8.72. The number of rotatable bonds is 6. The molecule has 0 amide bonds. The minimum Gasteiger partial charge on any atom is -0.366 e. The molecule has 1 unspecified atom stereocenters. The lowest BCUT2D eigenvalue weighted by Gasteiger charge is -2.17. The molecule has 130 valence electrons. The molecule has 4 rings (SSSR count). The van der Waals surface area contributed by atoms with E-state index in [0.29, 0.717) is 12.0 Å². The molecule has 7 heteroatoms. The van der Waals surface area contributed by atoms with Crippen LogP contribution in [-0.2, 0) is 6.54 Å². The molecule has 1 aromatic carbocycles. The van der Waals surface area contributed by atoms with Gasteiger partial charge in [-0.2, -0.15) is 0 Å². The Morgan fingerprint density at radius 2 is 2.00 bits per heavy atom. The summed E-state index contributed by atoms with van der Waals surface area (Å²) in [5, 5.41) is 14.2. The highest BCUT2D eigenvalue weighted by molar-refractivity contribution is 5.36. The van der Waals surface area contributed by atoms with Crippen molar-refractivity contribution in [3.8, 4) is 0 Å². The number of non-ortho nitro benzene ring substituents is 1. The molecule has 1 saturated carbocycles. The Labute approximate surface area is 146 Å². The maximum atomic E-state index is 10.7. The molecule has 2 aliphatic rings. The predicted molar refractivity (Wildman–Crippen MR) is 94.4 cm³/mol. The summed E-state index contributed by atoms with van der Waals surface area (Å²) in [7, 11) is 0. The molecule has 0 spiro atoms. The molecular formula is C18H21N5O2. The third kappa shape index (κ3) is 3.93. The summed E-state index contributed by atoms with van der Waals surface area (Å²) < 4.78 is 0. The van der Waals surface area contributed by atoms with E-state index in [4.69, 9.17) is 0 Å². The fourth-order valence-electron chi connectivity index (χ4n) is 3.28. The van der Waals surface area contributed by atoms with E-state index in [-0.39, 0.29) is 10.6 Å². The van der Waals surface area contributed by atoms with Crippen LogP contribution in [0, 0.1) is 10.1 Å². The average Bonchev–Trinajstić information content (AvgIpc) is 3.38. The van der Waals surface area contributed by atoms with Gasteiger partial charge in [0.15, 0.2) is 0 Å². The molecule has 1 aromatic heterocycles. The lowest BCUT2D eigenvalue weighted by atomic mass is 10.2. The predicted octanol–water partition coefficient (Wildman–Crippen LogP) is 2.95. The summed E-state index contributed by atoms with van der Waals surface area (Å²) in [6, 6.07) is 9.13. The average molecular weight is 339 g/mol. The summed E-state index contributed by atoms with van der Waals surface area (Å²) in [4.78, 5) is 21.7. The fourth-order valence-corrected chi connectivity index (χ4v) is 3.28. The maximum absolute atomic E-state index is 10.7. The largest absolute Gasteiger partial charge is 0.366 e. The second-order valence-electron chi connectivity index (χ2n) is 6.86. The second-order valence-corrected chi connectivity index (χ2v) is 6.86. The van der Waals surface area contributed by atoms with E-state index >= 15 is 0 Å². The summed E-state index contributed by atoms with van der Waals surface area (Å²) in [5.74, 6) is 2.44. The molecule has 2 heterocycles. The number of nitrogens with zero attached hydrogens (tertiary/aromatic N) is 4. The Kier molecular flexibility index (Phi) is 4.31. The third-order valence-electron chi connectivity index (χ3n) is 4.79. The lowest BCUT2D eigenvalue weighted by Crippen LogP contribution is -2.26. The number of benzene rings is 1. The Bertz CT molecular complexity index is 760. The molecule has 1 N–H and O–H groups in total. The molecule has 1 saturated heterocycles. The molecule has 1 atom stereocenters. The van der Waals surface area contributed by atoms with Crippen LogP contribution in [0.1, 0.15) is 36.6 Å². The van der Waals surface area contributed by atoms with Crippen LogP contribution >= 0.6 is 0 Å². The van der Waals surface area contributed by atoms with Crippen molar-refractivity contribution in [3.05, 3.63) is 58.0 Å². The number of aromatic nitrogens is 2. The van der Waals surface area contributed by atoms with Crippen molar-refractivity contribution in [2.24, 2.45) is 0 Å². The van der Waals surface area contributed by atoms with E-state index in [0.717, 1.165) is 43.3 Å². The lowest BCUT2D eigenvalue weighted by molar-refractivity contribution is -0.384. The van der Waals surface area contributed by atoms with Crippen molar-refractivity contribution < 1.29 is 4.92 Å². The van der Waals surface area contributed by atoms with Gasteiger partial charge in [-0.1, -0.05) is 12.1 Å². The highest BCUT2D eigenvalue weighted by Crippen LogP contribution is 2.38. The first kappa shape index (κ1) is 16.0. The Morgan fingerprint density at radius 1 is 1.20 bits per heavy atom. The SMILES string of the molecule is O=[N+]([O-])c1ccc(CN2CCC(Nc3ccnc(C4CC4)n3)C2)cc1. The monoisotopic (exact) mass is 339 g/mol. The van der Waals surface area contributed by atoms with Crippen molar-refractivity contribution >= 4 is 11.5 Å². The van der Waals surface area contributed by atoms with Crippen molar-refractivity contribution in [2.45, 2.75) is 37.8 Å². The summed E-state index contributed by atoms with van der Waals surface area (Å²) >= 11 is 0. The molecular weight excluding hydrogens is 318 g/mol. The summed E-state index contributed by atoms with van der Waals surface area (Å²) in [6.07, 6.45) is 5.31. The smallest absolute Gasteiger partial charge is 0.269 e. The van der Waals surface area contributed by atoms with Gasteiger partial charge in [-0.05, 0) is 30.9 Å². The van der Waals surface area contributed by atoms with E-state index in [2.05, 4.69) is 20.2 Å². The first-order chi connectivity index (χ1) is 12.2. The van der Waals surface area contributed by atoms with E-state index in [1.54, 1.807) is 12.1 Å². The van der Waals surface area contributed by atoms with Gasteiger partial charge < -0.3 is 5.32 Å². The van der Waals surface area contributed by atoms with Crippen molar-refractivity contribution in [1.29, 1.82) is 0 Å². The molecule has 0 radical (unpaired) electrons. The van der Waals surface area contributed by atoms with Gasteiger partial charge in [-0.3, -0.25) is 15.0 Å². The third-order valence-corrected chi connectivity index (χ3v) is 4.79. The van der Waals surface area contributed by atoms with Gasteiger partial charge in [0.1, 0.15) is 11.6 Å². The van der Waals surface area contributed by atoms with Crippen LogP contribution in [0.2, 0.25) is 0 Å². The zero-order valence-corrected chi connectivity index (χ0v) is 14.0. The maximum Gasteiger partial charge on any atom is 0.269 e. The van der Waals surface area contributed by atoms with Crippen LogP contribution in [-0.4, -0.2) is 38.9 Å². The standard InChI is InChI=1S/C18H21N5O2/c24-23(25)16-5-1-13(2-6-16)11-22-10-8-15(12-22)20-17-7-9-19-18(21-17)14-3-4-14/h1-2,5-7,9,14-15H,3-4,8,10-12H2,(H,19,20,21). The fraction of sp³-hybridized carbons (Fsp3) is 0.444. The summed E-state index contributed by atoms with van der Waals surface area (Å²) in [5.41, 5.74) is 1.24. The van der Waals surface area contributed by atoms with E-state index in [1.807, 2.05) is 24.4 Å². The molecule has 1 aliphatic carbocycles. The van der Waals surface area contributed by atoms with Gasteiger partial charge in [0.25, 0.3) is 5.69 Å². The minimum absolute atomic E-state index is 0.139. The van der Waals surface area contributed by atoms with Gasteiger partial charge in [0, 0.05) is 49.9 Å². The molecule has 1 aliphatic heterocycles. The van der Waals surface area contributed by atoms with Crippen LogP contribution in [0.25, 0.3) is 0 Å². The first-order valence-electron chi connectivity index (χ1n) is 8.72. The highest BCUT2D eigenvalue weighted by atomic mass is 16.6. The zero-order valence-electron chi connectivity index (χ0n) is 14.0. The van der Waals surface area contributed by atoms with Crippen molar-refractivity contribution in [3.63, 3.8) is 0 Å². The van der Waals surface area contributed by atoms with Gasteiger partial charge in [0.2, 0.25) is 0 Å². The Hall–Kier alpha value is -2.54. The number of anilines is 1. The van der Waals surface area contributed by atoms with E-state index < -0.39 is 0 Å². The Balaban J connectivity index is 1.32. The van der Waals surface area contributed by atoms with E-state index in [9.17, 15) is 10.1 Å². The van der Waals surface area contributed by atoms with Crippen molar-refractivity contribution in [2.75, 3.05) is 18.4 Å². The van der Waals surface area contributed by atoms with E-state index in [1.165, 1.54) is 12.8 Å². The number of hydrogen-bond acceptors (Lipinski definition) is 6. The number of nitrogens with one attached hydrogen (secondary N) is 1. The van der Waals surface area contributed by atoms with Crippen LogP contribution in [0.3, 0.4) is 0 Å². The Morgan fingerprint density at radius 3 is 2.72 bits per heavy atom. The second kappa shape index (κ2) is 6.76. The van der Waals surface area contributed by atoms with Gasteiger partial charge in [-0.15, -0.1) is 0 Å². The normalized spacial score (nSPS) is 20.6. The molecule has 25 heavy (non-hydrogen) atoms. The van der Waals surface area contributed by atoms with Crippen LogP contribution in [0.4, 0.5) is 11.5 Å². The van der Waals surface area contributed by atoms with Gasteiger partial charge >= 0.3 is 0 Å². The number of hydrogen-bond donors (Lipinski definition) is 1. The number of nitro groups is 1. The molecule has 2 aromatic rings. The molecule has 0 bridgehead atoms. The molecule has 2 fully saturated rings. The van der Waals surface area contributed by atoms with Crippen molar-refractivity contribution in [1.82, 2.24) is 14.9 Å². The highest BCUT2D eigenvalue weighted by Gasteiger charge is 2.27.